The van der Waals surface area contributed by atoms with Gasteiger partial charge < -0.3 is 40.0 Å². The highest BCUT2D eigenvalue weighted by atomic mass is 16.6. The van der Waals surface area contributed by atoms with E-state index in [1.807, 2.05) is 19.0 Å². The van der Waals surface area contributed by atoms with E-state index in [1.54, 1.807) is 0 Å². The van der Waals surface area contributed by atoms with Crippen molar-refractivity contribution in [2.45, 2.75) is 38.8 Å². The molecule has 0 radical (unpaired) electrons. The van der Waals surface area contributed by atoms with Gasteiger partial charge >= 0.3 is 5.97 Å². The lowest BCUT2D eigenvalue weighted by Gasteiger charge is -2.14. The Bertz CT molecular complexity index is 322. The predicted molar refractivity (Wildman–Crippen MR) is 72.3 cm³/mol. The van der Waals surface area contributed by atoms with Crippen LogP contribution in [0.15, 0.2) is 0 Å². The Morgan fingerprint density at radius 3 is 2.09 bits per heavy atom. The maximum atomic E-state index is 9.97. The molecule has 0 aliphatic carbocycles. The van der Waals surface area contributed by atoms with E-state index < -0.39 is 30.4 Å². The number of hydrogen-bond acceptors (Lipinski definition) is 9. The van der Waals surface area contributed by atoms with Gasteiger partial charge in [0.2, 0.25) is 12.4 Å². The van der Waals surface area contributed by atoms with Crippen LogP contribution in [-0.2, 0) is 19.1 Å². The number of ether oxygens (including phenoxy) is 1. The van der Waals surface area contributed by atoms with Crippen LogP contribution in [0.5, 0.6) is 0 Å². The predicted octanol–water partition coefficient (Wildman–Crippen LogP) is -3.00. The molecule has 3 atom stereocenters. The van der Waals surface area contributed by atoms with Gasteiger partial charge in [-0.1, -0.05) is 7.43 Å². The summed E-state index contributed by atoms with van der Waals surface area (Å²) in [6, 6.07) is 0. The first kappa shape index (κ1) is 25.2. The van der Waals surface area contributed by atoms with Crippen molar-refractivity contribution >= 4 is 18.4 Å². The Balaban J connectivity index is -0.000000315. The van der Waals surface area contributed by atoms with Gasteiger partial charge in [-0.3, -0.25) is 4.79 Å². The molecule has 22 heavy (non-hydrogen) atoms. The van der Waals surface area contributed by atoms with Gasteiger partial charge in [0.1, 0.15) is 0 Å². The van der Waals surface area contributed by atoms with Crippen LogP contribution < -0.4 is 5.11 Å². The van der Waals surface area contributed by atoms with E-state index in [1.165, 1.54) is 0 Å². The molecule has 10 heteroatoms. The summed E-state index contributed by atoms with van der Waals surface area (Å²) in [6.45, 7) is 0.533. The van der Waals surface area contributed by atoms with Crippen LogP contribution in [0.25, 0.3) is 0 Å². The summed E-state index contributed by atoms with van der Waals surface area (Å²) in [5.41, 5.74) is 0. The third-order valence-corrected chi connectivity index (χ3v) is 2.03. The van der Waals surface area contributed by atoms with Crippen molar-refractivity contribution in [3.8, 4) is 0 Å². The number of carbonyl (C=O) groups excluding carboxylic acids is 2. The number of aliphatic hydroxyl groups excluding tert-OH is 3. The van der Waals surface area contributed by atoms with Crippen molar-refractivity contribution in [1.29, 1.82) is 0 Å². The van der Waals surface area contributed by atoms with E-state index in [9.17, 15) is 19.5 Å². The third-order valence-electron chi connectivity index (χ3n) is 2.03. The smallest absolute Gasteiger partial charge is 0.339 e. The summed E-state index contributed by atoms with van der Waals surface area (Å²) in [6.07, 6.45) is -4.67. The van der Waals surface area contributed by atoms with Gasteiger partial charge in [-0.25, -0.2) is 4.79 Å². The molecular formula is C12H24NO9-. The fourth-order valence-corrected chi connectivity index (χ4v) is 0.955. The zero-order valence-electron chi connectivity index (χ0n) is 11.7. The highest BCUT2D eigenvalue weighted by Gasteiger charge is 2.24. The molecule has 0 saturated carbocycles. The summed E-state index contributed by atoms with van der Waals surface area (Å²) in [5.74, 6) is -2.86. The van der Waals surface area contributed by atoms with Crippen molar-refractivity contribution in [3.63, 3.8) is 0 Å². The van der Waals surface area contributed by atoms with Crippen LogP contribution in [0.2, 0.25) is 0 Å². The summed E-state index contributed by atoms with van der Waals surface area (Å²) in [4.78, 5) is 31.1. The number of aliphatic hydroxyl groups is 3. The fourth-order valence-electron chi connectivity index (χ4n) is 0.955. The average Bonchev–Trinajstić information content (AvgIpc) is 2.35. The Morgan fingerprint density at radius 1 is 1.27 bits per heavy atom. The second-order valence-corrected chi connectivity index (χ2v) is 4.23. The standard InChI is InChI=1S/C7H15NO3.C4H6O6.CH4/c1-8(2)4-3-6(9)5-7(10)11;5-1-10-4(9)2(6)3(7)8;/h6,9H,3-5H2,1-2H3,(H,10,11);1-2,4,6,9H,(H,7,8);1H4/p-1/t6-;2-,4-;/m00./s1. The molecule has 0 aromatic carbocycles. The molecule has 0 spiro atoms. The van der Waals surface area contributed by atoms with Gasteiger partial charge in [-0.2, -0.15) is 0 Å². The van der Waals surface area contributed by atoms with Crippen molar-refractivity contribution < 1.29 is 44.7 Å². The number of hydrogen-bond donors (Lipinski definition) is 4. The minimum atomic E-state index is -2.09. The fraction of sp³-hybridized carbons (Fsp3) is 0.750. The molecular weight excluding hydrogens is 302 g/mol. The molecule has 10 nitrogen and oxygen atoms in total. The van der Waals surface area contributed by atoms with Crippen LogP contribution in [0.3, 0.4) is 0 Å². The maximum absolute atomic E-state index is 9.97. The summed E-state index contributed by atoms with van der Waals surface area (Å²) in [7, 11) is 3.73. The Morgan fingerprint density at radius 2 is 1.77 bits per heavy atom. The van der Waals surface area contributed by atoms with Gasteiger partial charge in [-0.05, 0) is 27.1 Å². The van der Waals surface area contributed by atoms with E-state index in [4.69, 9.17) is 20.4 Å². The van der Waals surface area contributed by atoms with E-state index in [0.29, 0.717) is 13.0 Å². The quantitative estimate of drug-likeness (QED) is 0.253. The first-order valence-corrected chi connectivity index (χ1v) is 5.82. The normalized spacial score (nSPS) is 13.7. The number of aliphatic carboxylic acids is 2. The molecule has 0 aromatic rings. The lowest BCUT2D eigenvalue weighted by molar-refractivity contribution is -0.307. The maximum Gasteiger partial charge on any atom is 0.339 e. The number of carboxylic acids is 2. The van der Waals surface area contributed by atoms with Crippen molar-refractivity contribution in [3.05, 3.63) is 0 Å². The molecule has 0 saturated heterocycles. The molecule has 0 fully saturated rings. The van der Waals surface area contributed by atoms with Gasteiger partial charge in [0.05, 0.1) is 6.10 Å². The summed E-state index contributed by atoms with van der Waals surface area (Å²) >= 11 is 0. The van der Waals surface area contributed by atoms with Gasteiger partial charge in [0.15, 0.2) is 0 Å². The van der Waals surface area contributed by atoms with E-state index in [2.05, 4.69) is 4.74 Å². The van der Waals surface area contributed by atoms with Crippen LogP contribution in [0.1, 0.15) is 20.3 Å². The topological polar surface area (TPSA) is 168 Å². The zero-order valence-corrected chi connectivity index (χ0v) is 11.7. The SMILES string of the molecule is C.CN(C)CC[C@H](O)CC(=O)[O-].O=CO[C@H](O)[C@@H](O)C(=O)O. The van der Waals surface area contributed by atoms with Gasteiger partial charge in [0, 0.05) is 12.4 Å². The van der Waals surface area contributed by atoms with Crippen molar-refractivity contribution in [2.24, 2.45) is 0 Å². The second-order valence-electron chi connectivity index (χ2n) is 4.23. The second kappa shape index (κ2) is 14.2. The summed E-state index contributed by atoms with van der Waals surface area (Å²) in [5, 5.41) is 43.8. The van der Waals surface area contributed by atoms with Crippen LogP contribution in [0.4, 0.5) is 0 Å². The highest BCUT2D eigenvalue weighted by Crippen LogP contribution is 1.96. The molecule has 0 aliphatic heterocycles. The highest BCUT2D eigenvalue weighted by molar-refractivity contribution is 5.72. The van der Waals surface area contributed by atoms with Crippen LogP contribution in [0, 0.1) is 0 Å². The minimum absolute atomic E-state index is 0. The molecule has 0 amide bonds. The zero-order chi connectivity index (χ0) is 17.0. The minimum Gasteiger partial charge on any atom is -0.550 e. The van der Waals surface area contributed by atoms with E-state index in [0.717, 1.165) is 0 Å². The van der Waals surface area contributed by atoms with Gasteiger partial charge in [0.25, 0.3) is 6.47 Å². The largest absolute Gasteiger partial charge is 0.550 e. The first-order chi connectivity index (χ1) is 9.61. The Kier molecular flexibility index (Phi) is 16.3. The molecule has 4 N–H and O–H groups in total. The van der Waals surface area contributed by atoms with E-state index in [-0.39, 0.29) is 20.3 Å². The Hall–Kier alpha value is -1.75. The van der Waals surface area contributed by atoms with Gasteiger partial charge in [-0.15, -0.1) is 0 Å². The lowest BCUT2D eigenvalue weighted by Crippen LogP contribution is -2.35. The lowest BCUT2D eigenvalue weighted by atomic mass is 10.2. The summed E-state index contributed by atoms with van der Waals surface area (Å²) < 4.78 is 3.71. The monoisotopic (exact) mass is 326 g/mol. The first-order valence-electron chi connectivity index (χ1n) is 5.82. The molecule has 0 heterocycles. The Labute approximate surface area is 128 Å². The number of carbonyl (C=O) groups is 3. The van der Waals surface area contributed by atoms with Crippen molar-refractivity contribution in [1.82, 2.24) is 4.90 Å². The molecule has 0 aromatic heterocycles. The molecule has 132 valence electrons. The number of nitrogens with zero attached hydrogens (tertiary/aromatic N) is 1. The van der Waals surface area contributed by atoms with Crippen molar-refractivity contribution in [2.75, 3.05) is 20.6 Å². The number of carboxylic acid groups (broad SMARTS) is 2. The molecule has 0 unspecified atom stereocenters. The third kappa shape index (κ3) is 16.3. The molecule has 0 aliphatic rings. The van der Waals surface area contributed by atoms with Crippen LogP contribution >= 0.6 is 0 Å². The number of rotatable bonds is 9. The van der Waals surface area contributed by atoms with Crippen LogP contribution in [-0.4, -0.2) is 82.9 Å². The van der Waals surface area contributed by atoms with E-state index >= 15 is 0 Å². The molecule has 0 rings (SSSR count). The molecule has 0 bridgehead atoms. The average molecular weight is 326 g/mol.